The first-order valence-electron chi connectivity index (χ1n) is 8.90. The zero-order valence-corrected chi connectivity index (χ0v) is 15.1. The molecule has 1 aliphatic carbocycles. The van der Waals surface area contributed by atoms with Gasteiger partial charge in [-0.2, -0.15) is 0 Å². The average Bonchev–Trinajstić information content (AvgIpc) is 3.31. The lowest BCUT2D eigenvalue weighted by Crippen LogP contribution is -2.42. The molecule has 0 aromatic carbocycles. The number of aromatic nitrogens is 1. The fourth-order valence-electron chi connectivity index (χ4n) is 3.62. The van der Waals surface area contributed by atoms with Gasteiger partial charge in [-0.15, -0.1) is 0 Å². The van der Waals surface area contributed by atoms with Gasteiger partial charge in [0, 0.05) is 37.4 Å². The summed E-state index contributed by atoms with van der Waals surface area (Å²) in [6, 6.07) is 3.91. The SMILES string of the molecule is CCCCS(=O)(=O)N[C@H]1CN(Cc2cccnc2N)C[C@@H]1C1CC1. The molecule has 0 spiro atoms. The first-order chi connectivity index (χ1) is 11.5. The molecule has 6 nitrogen and oxygen atoms in total. The van der Waals surface area contributed by atoms with Crippen LogP contribution < -0.4 is 10.5 Å². The number of nitrogens with one attached hydrogen (secondary N) is 1. The van der Waals surface area contributed by atoms with E-state index in [2.05, 4.69) is 14.6 Å². The third-order valence-electron chi connectivity index (χ3n) is 5.09. The summed E-state index contributed by atoms with van der Waals surface area (Å²) in [7, 11) is -3.18. The highest BCUT2D eigenvalue weighted by Crippen LogP contribution is 2.42. The van der Waals surface area contributed by atoms with Gasteiger partial charge in [-0.05, 0) is 37.2 Å². The van der Waals surface area contributed by atoms with Crippen molar-refractivity contribution in [1.29, 1.82) is 0 Å². The minimum absolute atomic E-state index is 0.0252. The molecule has 7 heteroatoms. The molecule has 0 radical (unpaired) electrons. The zero-order valence-electron chi connectivity index (χ0n) is 14.3. The Hall–Kier alpha value is -1.18. The van der Waals surface area contributed by atoms with E-state index in [9.17, 15) is 8.42 Å². The van der Waals surface area contributed by atoms with Crippen LogP contribution in [0.5, 0.6) is 0 Å². The van der Waals surface area contributed by atoms with E-state index in [4.69, 9.17) is 5.73 Å². The summed E-state index contributed by atoms with van der Waals surface area (Å²) in [6.07, 6.45) is 5.75. The Morgan fingerprint density at radius 2 is 2.17 bits per heavy atom. The van der Waals surface area contributed by atoms with Crippen LogP contribution in [0.25, 0.3) is 0 Å². The smallest absolute Gasteiger partial charge is 0.211 e. The Balaban J connectivity index is 1.65. The van der Waals surface area contributed by atoms with Crippen molar-refractivity contribution in [2.45, 2.75) is 45.2 Å². The topological polar surface area (TPSA) is 88.3 Å². The van der Waals surface area contributed by atoms with Crippen molar-refractivity contribution < 1.29 is 8.42 Å². The highest BCUT2D eigenvalue weighted by molar-refractivity contribution is 7.89. The molecule has 2 fully saturated rings. The van der Waals surface area contributed by atoms with E-state index in [0.717, 1.165) is 31.6 Å². The van der Waals surface area contributed by atoms with Gasteiger partial charge in [0.15, 0.2) is 0 Å². The third-order valence-corrected chi connectivity index (χ3v) is 6.57. The fraction of sp³-hybridized carbons (Fsp3) is 0.706. The van der Waals surface area contributed by atoms with Crippen LogP contribution in [0.1, 0.15) is 38.2 Å². The molecule has 2 heterocycles. The second-order valence-electron chi connectivity index (χ2n) is 7.14. The Labute approximate surface area is 144 Å². The number of anilines is 1. The molecular formula is C17H28N4O2S. The minimum Gasteiger partial charge on any atom is -0.383 e. The van der Waals surface area contributed by atoms with Crippen LogP contribution in [0, 0.1) is 11.8 Å². The van der Waals surface area contributed by atoms with E-state index >= 15 is 0 Å². The molecule has 2 aliphatic rings. The Morgan fingerprint density at radius 1 is 1.38 bits per heavy atom. The molecule has 3 N–H and O–H groups in total. The molecule has 3 rings (SSSR count). The van der Waals surface area contributed by atoms with Gasteiger partial charge < -0.3 is 5.73 Å². The second-order valence-corrected chi connectivity index (χ2v) is 9.01. The summed E-state index contributed by atoms with van der Waals surface area (Å²) in [6.45, 7) is 4.43. The lowest BCUT2D eigenvalue weighted by atomic mass is 9.99. The monoisotopic (exact) mass is 352 g/mol. The number of pyridine rings is 1. The van der Waals surface area contributed by atoms with Gasteiger partial charge >= 0.3 is 0 Å². The maximum Gasteiger partial charge on any atom is 0.211 e. The lowest BCUT2D eigenvalue weighted by molar-refractivity contribution is 0.310. The van der Waals surface area contributed by atoms with Crippen LogP contribution in [0.3, 0.4) is 0 Å². The van der Waals surface area contributed by atoms with E-state index in [-0.39, 0.29) is 11.8 Å². The summed E-state index contributed by atoms with van der Waals surface area (Å²) in [5, 5.41) is 0. The maximum absolute atomic E-state index is 12.3. The van der Waals surface area contributed by atoms with Crippen LogP contribution in [0.4, 0.5) is 5.82 Å². The maximum atomic E-state index is 12.3. The van der Waals surface area contributed by atoms with Gasteiger partial charge in [0.05, 0.1) is 5.75 Å². The van der Waals surface area contributed by atoms with Crippen molar-refractivity contribution in [2.75, 3.05) is 24.6 Å². The molecule has 0 unspecified atom stereocenters. The number of rotatable bonds is 8. The number of nitrogens with two attached hydrogens (primary N) is 1. The van der Waals surface area contributed by atoms with Crippen molar-refractivity contribution in [3.8, 4) is 0 Å². The van der Waals surface area contributed by atoms with Crippen LogP contribution in [0.2, 0.25) is 0 Å². The first kappa shape index (κ1) is 17.6. The summed E-state index contributed by atoms with van der Waals surface area (Å²) in [5.41, 5.74) is 6.96. The first-order valence-corrected chi connectivity index (χ1v) is 10.6. The normalized spacial score (nSPS) is 25.2. The zero-order chi connectivity index (χ0) is 17.2. The molecule has 1 aliphatic heterocycles. The second kappa shape index (κ2) is 7.37. The van der Waals surface area contributed by atoms with Gasteiger partial charge in [0.1, 0.15) is 5.82 Å². The van der Waals surface area contributed by atoms with E-state index in [1.807, 2.05) is 19.1 Å². The van der Waals surface area contributed by atoms with E-state index in [0.29, 0.717) is 24.1 Å². The fourth-order valence-corrected chi connectivity index (χ4v) is 5.12. The Morgan fingerprint density at radius 3 is 2.83 bits per heavy atom. The molecule has 24 heavy (non-hydrogen) atoms. The minimum atomic E-state index is -3.18. The van der Waals surface area contributed by atoms with E-state index in [1.165, 1.54) is 12.8 Å². The van der Waals surface area contributed by atoms with Crippen molar-refractivity contribution in [1.82, 2.24) is 14.6 Å². The lowest BCUT2D eigenvalue weighted by Gasteiger charge is -2.19. The molecule has 1 saturated carbocycles. The van der Waals surface area contributed by atoms with Gasteiger partial charge in [-0.3, -0.25) is 4.90 Å². The molecule has 1 aromatic heterocycles. The summed E-state index contributed by atoms with van der Waals surface area (Å²) in [4.78, 5) is 6.45. The highest BCUT2D eigenvalue weighted by Gasteiger charge is 2.43. The molecule has 0 bridgehead atoms. The van der Waals surface area contributed by atoms with Crippen LogP contribution >= 0.6 is 0 Å². The number of nitrogen functional groups attached to an aromatic ring is 1. The number of likely N-dealkylation sites (tertiary alicyclic amines) is 1. The van der Waals surface area contributed by atoms with Crippen molar-refractivity contribution in [2.24, 2.45) is 11.8 Å². The molecule has 0 amide bonds. The largest absolute Gasteiger partial charge is 0.383 e. The quantitative estimate of drug-likeness (QED) is 0.742. The summed E-state index contributed by atoms with van der Waals surface area (Å²) >= 11 is 0. The van der Waals surface area contributed by atoms with Crippen LogP contribution in [-0.2, 0) is 16.6 Å². The highest BCUT2D eigenvalue weighted by atomic mass is 32.2. The Kier molecular flexibility index (Phi) is 5.42. The molecule has 1 aromatic rings. The number of nitrogens with zero attached hydrogens (tertiary/aromatic N) is 2. The molecule has 134 valence electrons. The van der Waals surface area contributed by atoms with Gasteiger partial charge in [0.25, 0.3) is 0 Å². The van der Waals surface area contributed by atoms with Gasteiger partial charge in [0.2, 0.25) is 10.0 Å². The summed E-state index contributed by atoms with van der Waals surface area (Å²) in [5.74, 6) is 1.87. The van der Waals surface area contributed by atoms with E-state index < -0.39 is 10.0 Å². The molecule has 1 saturated heterocycles. The number of hydrogen-bond acceptors (Lipinski definition) is 5. The van der Waals surface area contributed by atoms with Crippen molar-refractivity contribution >= 4 is 15.8 Å². The standard InChI is InChI=1S/C17H28N4O2S/c1-2-3-9-24(22,23)20-16-12-21(11-15(16)13-6-7-13)10-14-5-4-8-19-17(14)18/h4-5,8,13,15-16,20H,2-3,6-7,9-12H2,1H3,(H2,18,19)/t15-,16+/m1/s1. The molecule has 2 atom stereocenters. The van der Waals surface area contributed by atoms with Crippen LogP contribution in [-0.4, -0.2) is 43.2 Å². The third kappa shape index (κ3) is 4.46. The van der Waals surface area contributed by atoms with Gasteiger partial charge in [-0.1, -0.05) is 19.4 Å². The molecular weight excluding hydrogens is 324 g/mol. The number of unbranched alkanes of at least 4 members (excludes halogenated alkanes) is 1. The van der Waals surface area contributed by atoms with E-state index in [1.54, 1.807) is 6.20 Å². The Bertz CT molecular complexity index is 660. The summed E-state index contributed by atoms with van der Waals surface area (Å²) < 4.78 is 27.6. The predicted octanol–water partition coefficient (Wildman–Crippen LogP) is 1.59. The number of sulfonamides is 1. The van der Waals surface area contributed by atoms with Crippen molar-refractivity contribution in [3.05, 3.63) is 23.9 Å². The van der Waals surface area contributed by atoms with Crippen LogP contribution in [0.15, 0.2) is 18.3 Å². The van der Waals surface area contributed by atoms with Crippen molar-refractivity contribution in [3.63, 3.8) is 0 Å². The van der Waals surface area contributed by atoms with Gasteiger partial charge in [-0.25, -0.2) is 18.1 Å². The predicted molar refractivity (Wildman–Crippen MR) is 95.8 cm³/mol. The average molecular weight is 353 g/mol. The number of hydrogen-bond donors (Lipinski definition) is 2.